The quantitative estimate of drug-likeness (QED) is 0.535. The third-order valence-corrected chi connectivity index (χ3v) is 5.33. The van der Waals surface area contributed by atoms with Gasteiger partial charge in [0.15, 0.2) is 0 Å². The molecule has 31 heavy (non-hydrogen) atoms. The second-order valence-corrected chi connectivity index (χ2v) is 7.88. The van der Waals surface area contributed by atoms with Crippen molar-refractivity contribution in [1.82, 2.24) is 4.90 Å². The number of halogens is 7. The van der Waals surface area contributed by atoms with Crippen molar-refractivity contribution < 1.29 is 31.1 Å². The van der Waals surface area contributed by atoms with Gasteiger partial charge in [-0.25, -0.2) is 0 Å². The molecule has 1 amide bonds. The smallest absolute Gasteiger partial charge is 0.385 e. The van der Waals surface area contributed by atoms with E-state index in [4.69, 9.17) is 11.6 Å². The topological polar surface area (TPSA) is 32.3 Å². The molecule has 0 aliphatic carbocycles. The van der Waals surface area contributed by atoms with Crippen LogP contribution in [-0.2, 0) is 12.4 Å². The van der Waals surface area contributed by atoms with Crippen molar-refractivity contribution in [2.45, 2.75) is 25.2 Å². The van der Waals surface area contributed by atoms with Crippen LogP contribution >= 0.6 is 11.6 Å². The van der Waals surface area contributed by atoms with Crippen LogP contribution in [0, 0.1) is 5.92 Å². The summed E-state index contributed by atoms with van der Waals surface area (Å²) in [4.78, 5) is 14.1. The summed E-state index contributed by atoms with van der Waals surface area (Å²) in [6.45, 7) is 1.01. The summed E-state index contributed by atoms with van der Waals surface area (Å²) in [7, 11) is 0. The first-order chi connectivity index (χ1) is 14.4. The fraction of sp³-hybridized carbons (Fsp3) is 0.381. The lowest BCUT2D eigenvalue weighted by Crippen LogP contribution is -2.42. The van der Waals surface area contributed by atoms with Crippen molar-refractivity contribution in [1.29, 1.82) is 0 Å². The maximum Gasteiger partial charge on any atom is 0.416 e. The zero-order valence-corrected chi connectivity index (χ0v) is 16.9. The Labute approximate surface area is 180 Å². The first-order valence-electron chi connectivity index (χ1n) is 9.51. The number of nitrogens with one attached hydrogen (secondary N) is 1. The Bertz CT molecular complexity index is 895. The molecule has 1 unspecified atom stereocenters. The standard InChI is InChI=1S/C21H19ClF6N2O/c22-17-3-5-18(6-4-17)29-11-13-2-1-7-30(12-13)19(31)14-8-15(20(23,24)25)10-16(9-14)21(26,27)28/h3-6,8-10,13,29H,1-2,7,11-12H2. The molecule has 2 aromatic carbocycles. The van der Waals surface area contributed by atoms with E-state index >= 15 is 0 Å². The van der Waals surface area contributed by atoms with Crippen LogP contribution in [0.25, 0.3) is 0 Å². The summed E-state index contributed by atoms with van der Waals surface area (Å²) in [6.07, 6.45) is -8.61. The third kappa shape index (κ3) is 6.06. The number of hydrogen-bond donors (Lipinski definition) is 1. The van der Waals surface area contributed by atoms with E-state index in [9.17, 15) is 31.1 Å². The molecule has 168 valence electrons. The van der Waals surface area contributed by atoms with Gasteiger partial charge in [0.25, 0.3) is 5.91 Å². The molecule has 1 heterocycles. The minimum atomic E-state index is -5.00. The van der Waals surface area contributed by atoms with Crippen LogP contribution in [0.1, 0.15) is 34.3 Å². The molecule has 0 saturated carbocycles. The molecule has 1 saturated heterocycles. The first kappa shape index (κ1) is 23.2. The van der Waals surface area contributed by atoms with E-state index in [-0.39, 0.29) is 25.1 Å². The highest BCUT2D eigenvalue weighted by atomic mass is 35.5. The average Bonchev–Trinajstić information content (AvgIpc) is 2.71. The minimum Gasteiger partial charge on any atom is -0.385 e. The highest BCUT2D eigenvalue weighted by molar-refractivity contribution is 6.30. The fourth-order valence-corrected chi connectivity index (χ4v) is 3.63. The van der Waals surface area contributed by atoms with Crippen molar-refractivity contribution in [3.8, 4) is 0 Å². The zero-order valence-electron chi connectivity index (χ0n) is 16.2. The van der Waals surface area contributed by atoms with Crippen LogP contribution in [0.5, 0.6) is 0 Å². The molecule has 1 atom stereocenters. The summed E-state index contributed by atoms with van der Waals surface area (Å²) < 4.78 is 78.5. The summed E-state index contributed by atoms with van der Waals surface area (Å²) in [5, 5.41) is 3.79. The molecular formula is C21H19ClF6N2O. The molecule has 10 heteroatoms. The first-order valence-corrected chi connectivity index (χ1v) is 9.89. The van der Waals surface area contributed by atoms with Gasteiger partial charge >= 0.3 is 12.4 Å². The van der Waals surface area contributed by atoms with Crippen LogP contribution in [0.3, 0.4) is 0 Å². The maximum atomic E-state index is 13.1. The van der Waals surface area contributed by atoms with Gasteiger partial charge in [0.05, 0.1) is 11.1 Å². The van der Waals surface area contributed by atoms with Crippen molar-refractivity contribution in [3.63, 3.8) is 0 Å². The largest absolute Gasteiger partial charge is 0.416 e. The van der Waals surface area contributed by atoms with E-state index in [1.54, 1.807) is 24.3 Å². The van der Waals surface area contributed by atoms with Gasteiger partial charge in [-0.15, -0.1) is 0 Å². The number of benzene rings is 2. The van der Waals surface area contributed by atoms with Crippen LogP contribution in [0.4, 0.5) is 32.0 Å². The summed E-state index contributed by atoms with van der Waals surface area (Å²) in [5.41, 5.74) is -2.79. The number of carbonyl (C=O) groups excluding carboxylic acids is 1. The monoisotopic (exact) mass is 464 g/mol. The van der Waals surface area contributed by atoms with E-state index in [2.05, 4.69) is 5.32 Å². The highest BCUT2D eigenvalue weighted by Crippen LogP contribution is 2.36. The molecular weight excluding hydrogens is 446 g/mol. The van der Waals surface area contributed by atoms with Gasteiger partial charge in [-0.3, -0.25) is 4.79 Å². The lowest BCUT2D eigenvalue weighted by Gasteiger charge is -2.33. The number of hydrogen-bond acceptors (Lipinski definition) is 2. The van der Waals surface area contributed by atoms with Gasteiger partial charge in [0.2, 0.25) is 0 Å². The minimum absolute atomic E-state index is 0.00117. The van der Waals surface area contributed by atoms with Crippen LogP contribution in [0.2, 0.25) is 5.02 Å². The third-order valence-electron chi connectivity index (χ3n) is 5.08. The number of carbonyl (C=O) groups is 1. The Kier molecular flexibility index (Phi) is 6.73. The second-order valence-electron chi connectivity index (χ2n) is 7.44. The number of alkyl halides is 6. The molecule has 3 nitrogen and oxygen atoms in total. The van der Waals surface area contributed by atoms with E-state index in [1.165, 1.54) is 4.90 Å². The zero-order chi connectivity index (χ0) is 22.8. The molecule has 1 N–H and O–H groups in total. The second kappa shape index (κ2) is 8.98. The fourth-order valence-electron chi connectivity index (χ4n) is 3.51. The number of piperidine rings is 1. The Balaban J connectivity index is 1.74. The predicted octanol–water partition coefficient (Wildman–Crippen LogP) is 6.34. The number of anilines is 1. The highest BCUT2D eigenvalue weighted by Gasteiger charge is 2.38. The van der Waals surface area contributed by atoms with Gasteiger partial charge < -0.3 is 10.2 Å². The van der Waals surface area contributed by atoms with Crippen LogP contribution in [0.15, 0.2) is 42.5 Å². The number of amides is 1. The Morgan fingerprint density at radius 1 is 1.00 bits per heavy atom. The number of rotatable bonds is 4. The molecule has 2 aromatic rings. The lowest BCUT2D eigenvalue weighted by atomic mass is 9.96. The van der Waals surface area contributed by atoms with Gasteiger partial charge in [0.1, 0.15) is 0 Å². The molecule has 1 fully saturated rings. The summed E-state index contributed by atoms with van der Waals surface area (Å²) >= 11 is 5.84. The van der Waals surface area contributed by atoms with Gasteiger partial charge in [-0.05, 0) is 61.2 Å². The lowest BCUT2D eigenvalue weighted by molar-refractivity contribution is -0.143. The Hall–Kier alpha value is -2.42. The van der Waals surface area contributed by atoms with Gasteiger partial charge in [-0.1, -0.05) is 11.6 Å². The molecule has 0 bridgehead atoms. The normalized spacial score (nSPS) is 17.5. The molecule has 1 aliphatic heterocycles. The number of nitrogens with zero attached hydrogens (tertiary/aromatic N) is 1. The van der Waals surface area contributed by atoms with Crippen molar-refractivity contribution in [3.05, 3.63) is 64.2 Å². The molecule has 0 radical (unpaired) electrons. The number of likely N-dealkylation sites (tertiary alicyclic amines) is 1. The van der Waals surface area contributed by atoms with Crippen LogP contribution in [-0.4, -0.2) is 30.4 Å². The van der Waals surface area contributed by atoms with Crippen molar-refractivity contribution in [2.24, 2.45) is 5.92 Å². The average molecular weight is 465 g/mol. The van der Waals surface area contributed by atoms with E-state index in [0.29, 0.717) is 30.1 Å². The Morgan fingerprint density at radius 2 is 1.58 bits per heavy atom. The van der Waals surface area contributed by atoms with E-state index in [0.717, 1.165) is 12.1 Å². The SMILES string of the molecule is O=C(c1cc(C(F)(F)F)cc(C(F)(F)F)c1)N1CCCC(CNc2ccc(Cl)cc2)C1. The maximum absolute atomic E-state index is 13.1. The molecule has 1 aliphatic rings. The van der Waals surface area contributed by atoms with E-state index < -0.39 is 35.0 Å². The summed E-state index contributed by atoms with van der Waals surface area (Å²) in [6, 6.07) is 7.98. The van der Waals surface area contributed by atoms with E-state index in [1.807, 2.05) is 0 Å². The van der Waals surface area contributed by atoms with Crippen LogP contribution < -0.4 is 5.32 Å². The van der Waals surface area contributed by atoms with Crippen molar-refractivity contribution in [2.75, 3.05) is 25.0 Å². The van der Waals surface area contributed by atoms with Gasteiger partial charge in [-0.2, -0.15) is 26.3 Å². The summed E-state index contributed by atoms with van der Waals surface area (Å²) in [5.74, 6) is -0.839. The van der Waals surface area contributed by atoms with Gasteiger partial charge in [0, 0.05) is 35.9 Å². The molecule has 0 aromatic heterocycles. The van der Waals surface area contributed by atoms with Crippen molar-refractivity contribution >= 4 is 23.2 Å². The molecule has 3 rings (SSSR count). The molecule has 0 spiro atoms. The Morgan fingerprint density at radius 3 is 2.13 bits per heavy atom. The predicted molar refractivity (Wildman–Crippen MR) is 105 cm³/mol.